The van der Waals surface area contributed by atoms with Gasteiger partial charge < -0.3 is 16.2 Å². The number of hydrogen-bond donors (Lipinski definition) is 3. The molecule has 0 spiro atoms. The summed E-state index contributed by atoms with van der Waals surface area (Å²) in [6.07, 6.45) is -4.62. The van der Waals surface area contributed by atoms with Crippen molar-refractivity contribution >= 4 is 5.91 Å². The molecule has 232 valence electrons. The van der Waals surface area contributed by atoms with Crippen molar-refractivity contribution in [3.8, 4) is 11.1 Å². The third kappa shape index (κ3) is 6.63. The largest absolute Gasteiger partial charge is 0.435 e. The monoisotopic (exact) mass is 617 g/mol. The van der Waals surface area contributed by atoms with Gasteiger partial charge in [0.25, 0.3) is 0 Å². The van der Waals surface area contributed by atoms with Crippen molar-refractivity contribution < 1.29 is 36.2 Å². The van der Waals surface area contributed by atoms with E-state index < -0.39 is 59.5 Å². The smallest absolute Gasteiger partial charge is 0.374 e. The van der Waals surface area contributed by atoms with Crippen LogP contribution in [-0.2, 0) is 36.8 Å². The van der Waals surface area contributed by atoms with Crippen LogP contribution in [-0.4, -0.2) is 25.8 Å². The summed E-state index contributed by atoms with van der Waals surface area (Å²) in [5.74, 6) is -3.16. The molecule has 0 saturated carbocycles. The summed E-state index contributed by atoms with van der Waals surface area (Å²) in [5.41, 5.74) is 5.36. The summed E-state index contributed by atoms with van der Waals surface area (Å²) in [5, 5.41) is 16.3. The Morgan fingerprint density at radius 3 is 2.45 bits per heavy atom. The number of nitrogens with zero attached hydrogens (tertiary/aromatic N) is 3. The molecule has 2 heterocycles. The molecule has 4 aromatic rings. The highest BCUT2D eigenvalue weighted by molar-refractivity contribution is 5.77. The molecule has 7 nitrogen and oxygen atoms in total. The predicted molar refractivity (Wildman–Crippen MR) is 148 cm³/mol. The summed E-state index contributed by atoms with van der Waals surface area (Å²) in [7, 11) is 0. The molecule has 0 saturated heterocycles. The maximum Gasteiger partial charge on any atom is 0.435 e. The maximum absolute atomic E-state index is 14.3. The number of nitrogens with one attached hydrogen (secondary N) is 1. The molecule has 1 aliphatic rings. The van der Waals surface area contributed by atoms with Gasteiger partial charge in [-0.3, -0.25) is 14.5 Å². The van der Waals surface area contributed by atoms with Crippen LogP contribution in [0.15, 0.2) is 54.7 Å². The Balaban J connectivity index is 1.52. The van der Waals surface area contributed by atoms with Crippen LogP contribution in [0.5, 0.6) is 0 Å². The van der Waals surface area contributed by atoms with Gasteiger partial charge in [-0.25, -0.2) is 13.2 Å². The van der Waals surface area contributed by atoms with Gasteiger partial charge in [-0.2, -0.15) is 18.3 Å². The van der Waals surface area contributed by atoms with Gasteiger partial charge in [0.2, 0.25) is 5.91 Å². The SMILES string of the molecule is CC1(C)Cc2c(C(F)(F)F)nn(CC(=O)NC(Cc3cc(F)cc(F)c3)c3ncccc3-c3ccc(F)c(C(N)O)c3)c2C1. The van der Waals surface area contributed by atoms with Crippen LogP contribution >= 0.6 is 0 Å². The molecular formula is C31H29F6N5O2. The molecule has 2 aromatic heterocycles. The second-order valence-electron chi connectivity index (χ2n) is 11.7. The summed E-state index contributed by atoms with van der Waals surface area (Å²) >= 11 is 0. The number of rotatable bonds is 8. The number of aliphatic hydroxyl groups is 1. The zero-order valence-electron chi connectivity index (χ0n) is 23.7. The number of halogens is 6. The number of pyridine rings is 1. The van der Waals surface area contributed by atoms with Crippen LogP contribution < -0.4 is 11.1 Å². The summed E-state index contributed by atoms with van der Waals surface area (Å²) in [4.78, 5) is 17.9. The standard InChI is InChI=1S/C31H29F6N5O2/c1-30(2)13-22-25(14-30)42(41-28(22)31(35,36)37)15-26(43)40-24(10-16-8-18(32)12-19(33)9-16)27-20(4-3-7-39-27)17-5-6-23(34)21(11-17)29(38)44/h3-9,11-12,24,29,44H,10,13-15,38H2,1-2H3,(H,40,43). The molecule has 5 rings (SSSR count). The molecule has 1 amide bonds. The van der Waals surface area contributed by atoms with Crippen molar-refractivity contribution in [1.29, 1.82) is 0 Å². The third-order valence-electron chi connectivity index (χ3n) is 7.52. The number of benzene rings is 2. The van der Waals surface area contributed by atoms with Crippen molar-refractivity contribution in [2.45, 2.75) is 58.1 Å². The summed E-state index contributed by atoms with van der Waals surface area (Å²) in [6, 6.07) is 8.85. The Labute approximate surface area is 248 Å². The van der Waals surface area contributed by atoms with E-state index >= 15 is 0 Å². The molecule has 44 heavy (non-hydrogen) atoms. The normalized spacial score (nSPS) is 15.6. The Bertz CT molecular complexity index is 1700. The first-order valence-corrected chi connectivity index (χ1v) is 13.7. The first kappa shape index (κ1) is 31.2. The van der Waals surface area contributed by atoms with E-state index in [0.29, 0.717) is 22.9 Å². The fourth-order valence-corrected chi connectivity index (χ4v) is 5.70. The third-order valence-corrected chi connectivity index (χ3v) is 7.52. The van der Waals surface area contributed by atoms with E-state index in [4.69, 9.17) is 5.73 Å². The van der Waals surface area contributed by atoms with E-state index in [1.807, 2.05) is 13.8 Å². The van der Waals surface area contributed by atoms with Gasteiger partial charge in [-0.15, -0.1) is 0 Å². The molecule has 1 aliphatic carbocycles. The maximum atomic E-state index is 14.3. The van der Waals surface area contributed by atoms with Crippen LogP contribution in [0.4, 0.5) is 26.3 Å². The summed E-state index contributed by atoms with van der Waals surface area (Å²) < 4.78 is 85.0. The number of nitrogens with two attached hydrogens (primary N) is 1. The molecule has 2 aromatic carbocycles. The molecule has 2 unspecified atom stereocenters. The van der Waals surface area contributed by atoms with Gasteiger partial charge in [0.15, 0.2) is 5.69 Å². The Hall–Kier alpha value is -4.23. The van der Waals surface area contributed by atoms with Crippen LogP contribution in [0.3, 0.4) is 0 Å². The van der Waals surface area contributed by atoms with Gasteiger partial charge in [-0.1, -0.05) is 26.0 Å². The molecule has 0 fully saturated rings. The topological polar surface area (TPSA) is 106 Å². The van der Waals surface area contributed by atoms with Crippen LogP contribution in [0.2, 0.25) is 0 Å². The van der Waals surface area contributed by atoms with Crippen molar-refractivity contribution in [3.05, 3.63) is 106 Å². The first-order valence-electron chi connectivity index (χ1n) is 13.7. The zero-order chi connectivity index (χ0) is 32.0. The fourth-order valence-electron chi connectivity index (χ4n) is 5.70. The van der Waals surface area contributed by atoms with Crippen molar-refractivity contribution in [2.75, 3.05) is 0 Å². The van der Waals surface area contributed by atoms with Crippen molar-refractivity contribution in [1.82, 2.24) is 20.1 Å². The average molecular weight is 618 g/mol. The second-order valence-corrected chi connectivity index (χ2v) is 11.7. The van der Waals surface area contributed by atoms with E-state index in [1.54, 1.807) is 12.1 Å². The predicted octanol–water partition coefficient (Wildman–Crippen LogP) is 5.56. The number of amides is 1. The zero-order valence-corrected chi connectivity index (χ0v) is 23.7. The molecule has 0 bridgehead atoms. The molecule has 13 heteroatoms. The molecule has 0 radical (unpaired) electrons. The highest BCUT2D eigenvalue weighted by atomic mass is 19.4. The Morgan fingerprint density at radius 2 is 1.80 bits per heavy atom. The van der Waals surface area contributed by atoms with Crippen molar-refractivity contribution in [3.63, 3.8) is 0 Å². The highest BCUT2D eigenvalue weighted by Crippen LogP contribution is 2.43. The van der Waals surface area contributed by atoms with Crippen molar-refractivity contribution in [2.24, 2.45) is 11.1 Å². The minimum atomic E-state index is -4.70. The van der Waals surface area contributed by atoms with Gasteiger partial charge in [-0.05, 0) is 66.1 Å². The Morgan fingerprint density at radius 1 is 1.09 bits per heavy atom. The lowest BCUT2D eigenvalue weighted by Gasteiger charge is -2.22. The van der Waals surface area contributed by atoms with Gasteiger partial charge >= 0.3 is 6.18 Å². The van der Waals surface area contributed by atoms with Crippen LogP contribution in [0.25, 0.3) is 11.1 Å². The van der Waals surface area contributed by atoms with Crippen LogP contribution in [0, 0.1) is 22.9 Å². The molecule has 0 aliphatic heterocycles. The van der Waals surface area contributed by atoms with Gasteiger partial charge in [0.05, 0.1) is 11.7 Å². The Kier molecular flexibility index (Phi) is 8.29. The first-order chi connectivity index (χ1) is 20.6. The lowest BCUT2D eigenvalue weighted by Crippen LogP contribution is -2.34. The minimum absolute atomic E-state index is 0.0586. The number of alkyl halides is 3. The fraction of sp³-hybridized carbons (Fsp3) is 0.323. The second kappa shape index (κ2) is 11.7. The highest BCUT2D eigenvalue weighted by Gasteiger charge is 2.44. The quantitative estimate of drug-likeness (QED) is 0.178. The molecular weight excluding hydrogens is 588 g/mol. The average Bonchev–Trinajstić information content (AvgIpc) is 3.40. The number of fused-ring (bicyclic) bond motifs is 1. The lowest BCUT2D eigenvalue weighted by molar-refractivity contribution is -0.142. The van der Waals surface area contributed by atoms with E-state index in [9.17, 15) is 36.2 Å². The number of carbonyl (C=O) groups excluding carboxylic acids is 1. The van der Waals surface area contributed by atoms with E-state index in [2.05, 4.69) is 15.4 Å². The van der Waals surface area contributed by atoms with Gasteiger partial charge in [0.1, 0.15) is 30.2 Å². The summed E-state index contributed by atoms with van der Waals surface area (Å²) in [6.45, 7) is 3.11. The number of hydrogen-bond acceptors (Lipinski definition) is 5. The van der Waals surface area contributed by atoms with E-state index in [1.165, 1.54) is 18.3 Å². The number of aliphatic hydroxyl groups excluding tert-OH is 1. The van der Waals surface area contributed by atoms with Gasteiger partial charge in [0, 0.05) is 34.6 Å². The number of carbonyl (C=O) groups is 1. The minimum Gasteiger partial charge on any atom is -0.374 e. The number of aromatic nitrogens is 3. The van der Waals surface area contributed by atoms with E-state index in [-0.39, 0.29) is 41.6 Å². The molecule has 4 N–H and O–H groups in total. The van der Waals surface area contributed by atoms with E-state index in [0.717, 1.165) is 22.9 Å². The molecule has 2 atom stereocenters. The lowest BCUT2D eigenvalue weighted by atomic mass is 9.90. The van der Waals surface area contributed by atoms with Crippen LogP contribution in [0.1, 0.15) is 59.9 Å².